The number of aliphatic carboxylic acids is 1. The zero-order chi connectivity index (χ0) is 13.2. The van der Waals surface area contributed by atoms with Crippen LogP contribution >= 0.6 is 0 Å². The lowest BCUT2D eigenvalue weighted by molar-refractivity contribution is -0.149. The van der Waals surface area contributed by atoms with Crippen LogP contribution < -0.4 is 5.73 Å². The largest absolute Gasteiger partial charge is 0.481 e. The first-order valence-corrected chi connectivity index (χ1v) is 6.81. The van der Waals surface area contributed by atoms with Crippen molar-refractivity contribution < 1.29 is 14.7 Å². The summed E-state index contributed by atoms with van der Waals surface area (Å²) in [6.45, 7) is 1.43. The van der Waals surface area contributed by atoms with Gasteiger partial charge in [0.1, 0.15) is 0 Å². The summed E-state index contributed by atoms with van der Waals surface area (Å²) in [7, 11) is 0. The van der Waals surface area contributed by atoms with Gasteiger partial charge in [-0.05, 0) is 25.7 Å². The number of carboxylic acid groups (broad SMARTS) is 1. The van der Waals surface area contributed by atoms with Crippen LogP contribution in [0, 0.1) is 11.3 Å². The topological polar surface area (TPSA) is 83.6 Å². The van der Waals surface area contributed by atoms with Crippen LogP contribution in [0.2, 0.25) is 0 Å². The summed E-state index contributed by atoms with van der Waals surface area (Å²) < 4.78 is 0. The molecule has 1 heterocycles. The molecule has 0 aromatic carbocycles. The number of likely N-dealkylation sites (tertiary alicyclic amines) is 1. The molecule has 0 unspecified atom stereocenters. The number of carboxylic acids is 1. The molecule has 102 valence electrons. The van der Waals surface area contributed by atoms with Gasteiger partial charge in [0, 0.05) is 19.6 Å². The highest BCUT2D eigenvalue weighted by molar-refractivity contribution is 5.84. The molecule has 0 bridgehead atoms. The van der Waals surface area contributed by atoms with E-state index >= 15 is 0 Å². The minimum absolute atomic E-state index is 0.0912. The van der Waals surface area contributed by atoms with Crippen LogP contribution in [-0.2, 0) is 9.59 Å². The van der Waals surface area contributed by atoms with Crippen molar-refractivity contribution in [3.05, 3.63) is 0 Å². The minimum atomic E-state index is -0.791. The van der Waals surface area contributed by atoms with Crippen molar-refractivity contribution in [1.82, 2.24) is 4.90 Å². The lowest BCUT2D eigenvalue weighted by atomic mass is 9.83. The zero-order valence-electron chi connectivity index (χ0n) is 10.7. The molecule has 0 spiro atoms. The Balaban J connectivity index is 2.06. The van der Waals surface area contributed by atoms with Crippen LogP contribution in [-0.4, -0.2) is 41.5 Å². The summed E-state index contributed by atoms with van der Waals surface area (Å²) >= 11 is 0. The van der Waals surface area contributed by atoms with Crippen LogP contribution in [0.3, 0.4) is 0 Å². The molecule has 2 fully saturated rings. The Morgan fingerprint density at radius 1 is 1.28 bits per heavy atom. The fraction of sp³-hybridized carbons (Fsp3) is 0.846. The third-order valence-electron chi connectivity index (χ3n) is 4.46. The lowest BCUT2D eigenvalue weighted by Gasteiger charge is -2.37. The average molecular weight is 254 g/mol. The molecule has 5 nitrogen and oxygen atoms in total. The van der Waals surface area contributed by atoms with Crippen LogP contribution in [0.5, 0.6) is 0 Å². The molecule has 0 aromatic heterocycles. The van der Waals surface area contributed by atoms with Gasteiger partial charge < -0.3 is 15.7 Å². The highest BCUT2D eigenvalue weighted by atomic mass is 16.4. The Kier molecular flexibility index (Phi) is 3.90. The van der Waals surface area contributed by atoms with Crippen molar-refractivity contribution >= 4 is 11.9 Å². The van der Waals surface area contributed by atoms with Crippen molar-refractivity contribution in [2.24, 2.45) is 17.1 Å². The Morgan fingerprint density at radius 3 is 2.50 bits per heavy atom. The highest BCUT2D eigenvalue weighted by Crippen LogP contribution is 2.39. The molecule has 0 aromatic rings. The molecule has 1 saturated heterocycles. The van der Waals surface area contributed by atoms with E-state index in [0.717, 1.165) is 32.1 Å². The number of nitrogens with zero attached hydrogens (tertiary/aromatic N) is 1. The quantitative estimate of drug-likeness (QED) is 0.781. The van der Waals surface area contributed by atoms with Gasteiger partial charge in [0.15, 0.2) is 0 Å². The van der Waals surface area contributed by atoms with Crippen LogP contribution in [0.25, 0.3) is 0 Å². The zero-order valence-corrected chi connectivity index (χ0v) is 10.7. The summed E-state index contributed by atoms with van der Waals surface area (Å²) in [5.74, 6) is -1.10. The van der Waals surface area contributed by atoms with E-state index in [-0.39, 0.29) is 5.91 Å². The molecule has 1 aliphatic carbocycles. The van der Waals surface area contributed by atoms with E-state index < -0.39 is 17.3 Å². The lowest BCUT2D eigenvalue weighted by Crippen LogP contribution is -2.51. The third-order valence-corrected chi connectivity index (χ3v) is 4.46. The third kappa shape index (κ3) is 2.36. The van der Waals surface area contributed by atoms with Crippen LogP contribution in [0.4, 0.5) is 0 Å². The van der Waals surface area contributed by atoms with Gasteiger partial charge in [0.2, 0.25) is 5.91 Å². The standard InChI is InChI=1S/C13H22N2O3/c14-9-13(5-1-2-6-13)12(18)15-7-3-4-10(8-15)11(16)17/h10H,1-9,14H2,(H,16,17)/t10-/m1/s1. The van der Waals surface area contributed by atoms with E-state index in [1.165, 1.54) is 0 Å². The molecule has 1 saturated carbocycles. The summed E-state index contributed by atoms with van der Waals surface area (Å²) in [6, 6.07) is 0. The molecule has 3 N–H and O–H groups in total. The Morgan fingerprint density at radius 2 is 1.94 bits per heavy atom. The first-order valence-electron chi connectivity index (χ1n) is 6.81. The first-order chi connectivity index (χ1) is 8.59. The number of amides is 1. The highest BCUT2D eigenvalue weighted by Gasteiger charge is 2.43. The molecule has 1 aliphatic heterocycles. The van der Waals surface area contributed by atoms with Crippen molar-refractivity contribution in [2.75, 3.05) is 19.6 Å². The van der Waals surface area contributed by atoms with E-state index in [2.05, 4.69) is 0 Å². The van der Waals surface area contributed by atoms with Gasteiger partial charge in [0.25, 0.3) is 0 Å². The summed E-state index contributed by atoms with van der Waals surface area (Å²) in [4.78, 5) is 25.3. The molecular formula is C13H22N2O3. The molecule has 2 rings (SSSR count). The van der Waals surface area contributed by atoms with Gasteiger partial charge in [0.05, 0.1) is 11.3 Å². The van der Waals surface area contributed by atoms with E-state index in [4.69, 9.17) is 10.8 Å². The van der Waals surface area contributed by atoms with Gasteiger partial charge in [-0.15, -0.1) is 0 Å². The SMILES string of the molecule is NCC1(C(=O)N2CCC[C@@H](C(=O)O)C2)CCCC1. The van der Waals surface area contributed by atoms with Crippen molar-refractivity contribution in [2.45, 2.75) is 38.5 Å². The monoisotopic (exact) mass is 254 g/mol. The smallest absolute Gasteiger partial charge is 0.308 e. The number of hydrogen-bond donors (Lipinski definition) is 2. The normalized spacial score (nSPS) is 27.2. The second-order valence-corrected chi connectivity index (χ2v) is 5.62. The first kappa shape index (κ1) is 13.3. The van der Waals surface area contributed by atoms with E-state index in [1.807, 2.05) is 0 Å². The molecule has 1 atom stereocenters. The van der Waals surface area contributed by atoms with Crippen molar-refractivity contribution in [1.29, 1.82) is 0 Å². The van der Waals surface area contributed by atoms with Crippen LogP contribution in [0.15, 0.2) is 0 Å². The van der Waals surface area contributed by atoms with E-state index in [9.17, 15) is 9.59 Å². The maximum absolute atomic E-state index is 12.6. The van der Waals surface area contributed by atoms with Gasteiger partial charge >= 0.3 is 5.97 Å². The number of hydrogen-bond acceptors (Lipinski definition) is 3. The number of nitrogens with two attached hydrogens (primary N) is 1. The van der Waals surface area contributed by atoms with Gasteiger partial charge in [-0.1, -0.05) is 12.8 Å². The molecule has 5 heteroatoms. The summed E-state index contributed by atoms with van der Waals surface area (Å²) in [5, 5.41) is 9.06. The molecule has 1 amide bonds. The summed E-state index contributed by atoms with van der Waals surface area (Å²) in [5.41, 5.74) is 5.40. The van der Waals surface area contributed by atoms with Gasteiger partial charge in [-0.25, -0.2) is 0 Å². The average Bonchev–Trinajstić information content (AvgIpc) is 2.88. The Bertz CT molecular complexity index is 337. The summed E-state index contributed by atoms with van der Waals surface area (Å²) in [6.07, 6.45) is 5.28. The Hall–Kier alpha value is -1.10. The number of rotatable bonds is 3. The molecular weight excluding hydrogens is 232 g/mol. The van der Waals surface area contributed by atoms with Gasteiger partial charge in [-0.2, -0.15) is 0 Å². The minimum Gasteiger partial charge on any atom is -0.481 e. The number of carbonyl (C=O) groups excluding carboxylic acids is 1. The predicted octanol–water partition coefficient (Wildman–Crippen LogP) is 0.829. The van der Waals surface area contributed by atoms with Crippen LogP contribution in [0.1, 0.15) is 38.5 Å². The van der Waals surface area contributed by atoms with Crippen molar-refractivity contribution in [3.63, 3.8) is 0 Å². The maximum Gasteiger partial charge on any atom is 0.308 e. The molecule has 0 radical (unpaired) electrons. The fourth-order valence-electron chi connectivity index (χ4n) is 3.26. The van der Waals surface area contributed by atoms with Gasteiger partial charge in [-0.3, -0.25) is 9.59 Å². The Labute approximate surface area is 107 Å². The fourth-order valence-corrected chi connectivity index (χ4v) is 3.26. The number of piperidine rings is 1. The molecule has 2 aliphatic rings. The second-order valence-electron chi connectivity index (χ2n) is 5.62. The molecule has 18 heavy (non-hydrogen) atoms. The van der Waals surface area contributed by atoms with E-state index in [0.29, 0.717) is 26.1 Å². The maximum atomic E-state index is 12.6. The second kappa shape index (κ2) is 5.26. The van der Waals surface area contributed by atoms with Crippen molar-refractivity contribution in [3.8, 4) is 0 Å². The predicted molar refractivity (Wildman–Crippen MR) is 66.9 cm³/mol. The van der Waals surface area contributed by atoms with E-state index in [1.54, 1.807) is 4.90 Å². The number of carbonyl (C=O) groups is 2.